The van der Waals surface area contributed by atoms with Gasteiger partial charge < -0.3 is 15.0 Å². The first kappa shape index (κ1) is 19.5. The lowest BCUT2D eigenvalue weighted by Crippen LogP contribution is -2.44. The second-order valence-electron chi connectivity index (χ2n) is 6.68. The number of likely N-dealkylation sites (tertiary alicyclic amines) is 1. The summed E-state index contributed by atoms with van der Waals surface area (Å²) in [5, 5.41) is 3.70. The summed E-state index contributed by atoms with van der Waals surface area (Å²) < 4.78 is 5.53. The van der Waals surface area contributed by atoms with Crippen LogP contribution in [0.1, 0.15) is 36.6 Å². The third kappa shape index (κ3) is 4.95. The summed E-state index contributed by atoms with van der Waals surface area (Å²) in [5.74, 6) is 0.742. The molecule has 1 aromatic heterocycles. The summed E-state index contributed by atoms with van der Waals surface area (Å²) >= 11 is 1.84. The number of para-hydroxylation sites is 1. The Balaban J connectivity index is 1.86. The molecule has 0 spiro atoms. The summed E-state index contributed by atoms with van der Waals surface area (Å²) in [6.07, 6.45) is 7.26. The zero-order valence-corrected chi connectivity index (χ0v) is 16.7. The Morgan fingerprint density at radius 3 is 2.81 bits per heavy atom. The van der Waals surface area contributed by atoms with Crippen molar-refractivity contribution in [2.45, 2.75) is 30.6 Å². The highest BCUT2D eigenvalue weighted by molar-refractivity contribution is 7.99. The summed E-state index contributed by atoms with van der Waals surface area (Å²) in [6, 6.07) is 13.1. The Morgan fingerprint density at radius 2 is 2.07 bits per heavy atom. The lowest BCUT2D eigenvalue weighted by atomic mass is 10.0. The van der Waals surface area contributed by atoms with Crippen LogP contribution in [0.15, 0.2) is 48.7 Å². The standard InChI is InChI=1S/C21H27N3O2S/c1-26-19-12-4-3-10-17(19)20(18-11-5-7-13-22-18)23-21(25)24-14-8-6-9-16(15-24)27-2/h3-5,7,10-13,16,20H,6,8-9,14-15H2,1-2H3,(H,23,25)/t16-,20-/m1/s1. The maximum absolute atomic E-state index is 13.1. The fourth-order valence-corrected chi connectivity index (χ4v) is 4.19. The zero-order chi connectivity index (χ0) is 19.1. The highest BCUT2D eigenvalue weighted by Crippen LogP contribution is 2.29. The number of nitrogens with zero attached hydrogens (tertiary/aromatic N) is 2. The summed E-state index contributed by atoms with van der Waals surface area (Å²) in [7, 11) is 1.65. The van der Waals surface area contributed by atoms with Gasteiger partial charge in [0.2, 0.25) is 0 Å². The molecule has 0 saturated carbocycles. The predicted molar refractivity (Wildman–Crippen MR) is 110 cm³/mol. The molecule has 1 aromatic carbocycles. The molecule has 1 saturated heterocycles. The molecule has 2 heterocycles. The molecule has 0 unspecified atom stereocenters. The van der Waals surface area contributed by atoms with Gasteiger partial charge in [-0.1, -0.05) is 30.7 Å². The van der Waals surface area contributed by atoms with Gasteiger partial charge in [-0.15, -0.1) is 0 Å². The molecule has 0 aliphatic carbocycles. The zero-order valence-electron chi connectivity index (χ0n) is 15.9. The number of rotatable bonds is 5. The van der Waals surface area contributed by atoms with Crippen LogP contribution >= 0.6 is 11.8 Å². The third-order valence-electron chi connectivity index (χ3n) is 4.95. The molecular weight excluding hydrogens is 358 g/mol. The molecule has 1 fully saturated rings. The number of hydrogen-bond donors (Lipinski definition) is 1. The number of hydrogen-bond acceptors (Lipinski definition) is 4. The molecule has 1 aliphatic rings. The normalized spacial score (nSPS) is 18.4. The minimum Gasteiger partial charge on any atom is -0.496 e. The predicted octanol–water partition coefficient (Wildman–Crippen LogP) is 4.11. The van der Waals surface area contributed by atoms with Gasteiger partial charge in [-0.2, -0.15) is 11.8 Å². The molecule has 144 valence electrons. The molecule has 1 aliphatic heterocycles. The first-order valence-electron chi connectivity index (χ1n) is 9.35. The Hall–Kier alpha value is -2.21. The van der Waals surface area contributed by atoms with Crippen LogP contribution in [-0.4, -0.2) is 47.6 Å². The number of nitrogens with one attached hydrogen (secondary N) is 1. The van der Waals surface area contributed by atoms with Gasteiger partial charge in [-0.05, 0) is 37.3 Å². The fourth-order valence-electron chi connectivity index (χ4n) is 3.46. The third-order valence-corrected chi connectivity index (χ3v) is 6.00. The van der Waals surface area contributed by atoms with E-state index in [1.807, 2.05) is 59.1 Å². The number of carbonyl (C=O) groups is 1. The summed E-state index contributed by atoms with van der Waals surface area (Å²) in [4.78, 5) is 19.5. The maximum Gasteiger partial charge on any atom is 0.318 e. The number of benzene rings is 1. The van der Waals surface area contributed by atoms with Crippen LogP contribution in [0.5, 0.6) is 5.75 Å². The lowest BCUT2D eigenvalue weighted by Gasteiger charge is -2.28. The van der Waals surface area contributed by atoms with Gasteiger partial charge in [0, 0.05) is 30.1 Å². The van der Waals surface area contributed by atoms with Crippen molar-refractivity contribution in [3.63, 3.8) is 0 Å². The molecule has 3 rings (SSSR count). The lowest BCUT2D eigenvalue weighted by molar-refractivity contribution is 0.197. The van der Waals surface area contributed by atoms with Gasteiger partial charge in [0.15, 0.2) is 0 Å². The number of amides is 2. The highest BCUT2D eigenvalue weighted by Gasteiger charge is 2.26. The van der Waals surface area contributed by atoms with E-state index in [1.54, 1.807) is 13.3 Å². The van der Waals surface area contributed by atoms with E-state index < -0.39 is 0 Å². The van der Waals surface area contributed by atoms with E-state index in [0.717, 1.165) is 36.5 Å². The average Bonchev–Trinajstić information content (AvgIpc) is 2.98. The molecule has 2 atom stereocenters. The van der Waals surface area contributed by atoms with Crippen molar-refractivity contribution in [3.8, 4) is 5.75 Å². The summed E-state index contributed by atoms with van der Waals surface area (Å²) in [6.45, 7) is 1.58. The van der Waals surface area contributed by atoms with Gasteiger partial charge in [0.1, 0.15) is 11.8 Å². The topological polar surface area (TPSA) is 54.5 Å². The molecular formula is C21H27N3O2S. The van der Waals surface area contributed by atoms with E-state index in [0.29, 0.717) is 5.25 Å². The van der Waals surface area contributed by atoms with Crippen molar-refractivity contribution in [2.24, 2.45) is 0 Å². The van der Waals surface area contributed by atoms with Crippen LogP contribution in [-0.2, 0) is 0 Å². The Bertz CT molecular complexity index is 741. The number of methoxy groups -OCH3 is 1. The first-order chi connectivity index (χ1) is 13.2. The average molecular weight is 386 g/mol. The molecule has 0 radical (unpaired) electrons. The monoisotopic (exact) mass is 385 g/mol. The Labute approximate surface area is 165 Å². The van der Waals surface area contributed by atoms with E-state index in [4.69, 9.17) is 4.74 Å². The number of pyridine rings is 1. The molecule has 27 heavy (non-hydrogen) atoms. The van der Waals surface area contributed by atoms with Gasteiger partial charge >= 0.3 is 6.03 Å². The molecule has 6 heteroatoms. The van der Waals surface area contributed by atoms with E-state index in [9.17, 15) is 4.79 Å². The number of carbonyl (C=O) groups excluding carboxylic acids is 1. The summed E-state index contributed by atoms with van der Waals surface area (Å²) in [5.41, 5.74) is 1.70. The van der Waals surface area contributed by atoms with Gasteiger partial charge in [-0.3, -0.25) is 4.98 Å². The molecule has 1 N–H and O–H groups in total. The van der Waals surface area contributed by atoms with Crippen molar-refractivity contribution in [1.82, 2.24) is 15.2 Å². The van der Waals surface area contributed by atoms with Crippen molar-refractivity contribution in [3.05, 3.63) is 59.9 Å². The molecule has 2 aromatic rings. The number of urea groups is 1. The van der Waals surface area contributed by atoms with Crippen molar-refractivity contribution in [2.75, 3.05) is 26.5 Å². The van der Waals surface area contributed by atoms with Gasteiger partial charge in [-0.25, -0.2) is 4.79 Å². The highest BCUT2D eigenvalue weighted by atomic mass is 32.2. The van der Waals surface area contributed by atoms with E-state index in [2.05, 4.69) is 16.6 Å². The van der Waals surface area contributed by atoms with Crippen LogP contribution in [0.3, 0.4) is 0 Å². The molecule has 5 nitrogen and oxygen atoms in total. The van der Waals surface area contributed by atoms with E-state index in [-0.39, 0.29) is 12.1 Å². The largest absolute Gasteiger partial charge is 0.496 e. The van der Waals surface area contributed by atoms with Gasteiger partial charge in [0.05, 0.1) is 12.8 Å². The number of ether oxygens (including phenoxy) is 1. The number of thioether (sulfide) groups is 1. The van der Waals surface area contributed by atoms with Crippen LogP contribution in [0.4, 0.5) is 4.79 Å². The maximum atomic E-state index is 13.1. The second kappa shape index (κ2) is 9.65. The van der Waals surface area contributed by atoms with Crippen LogP contribution in [0, 0.1) is 0 Å². The quantitative estimate of drug-likeness (QED) is 0.842. The Kier molecular flexibility index (Phi) is 6.98. The second-order valence-corrected chi connectivity index (χ2v) is 7.82. The first-order valence-corrected chi connectivity index (χ1v) is 10.6. The number of aromatic nitrogens is 1. The van der Waals surface area contributed by atoms with Crippen LogP contribution in [0.25, 0.3) is 0 Å². The van der Waals surface area contributed by atoms with Gasteiger partial charge in [0.25, 0.3) is 0 Å². The minimum absolute atomic E-state index is 0.0440. The fraction of sp³-hybridized carbons (Fsp3) is 0.429. The molecule has 0 bridgehead atoms. The Morgan fingerprint density at radius 1 is 1.26 bits per heavy atom. The van der Waals surface area contributed by atoms with Crippen molar-refractivity contribution >= 4 is 17.8 Å². The van der Waals surface area contributed by atoms with Crippen LogP contribution in [0.2, 0.25) is 0 Å². The van der Waals surface area contributed by atoms with Crippen molar-refractivity contribution < 1.29 is 9.53 Å². The SMILES string of the molecule is COc1ccccc1[C@@H](NC(=O)N1CCCC[C@@H](SC)C1)c1ccccn1. The van der Waals surface area contributed by atoms with E-state index in [1.165, 1.54) is 12.8 Å². The molecule has 2 amide bonds. The van der Waals surface area contributed by atoms with E-state index >= 15 is 0 Å². The minimum atomic E-state index is -0.356. The van der Waals surface area contributed by atoms with Crippen LogP contribution < -0.4 is 10.1 Å². The van der Waals surface area contributed by atoms with Crippen molar-refractivity contribution in [1.29, 1.82) is 0 Å². The smallest absolute Gasteiger partial charge is 0.318 e.